The van der Waals surface area contributed by atoms with Gasteiger partial charge < -0.3 is 10.1 Å². The minimum absolute atomic E-state index is 0.535. The van der Waals surface area contributed by atoms with E-state index in [1.807, 2.05) is 0 Å². The quantitative estimate of drug-likeness (QED) is 0.564. The summed E-state index contributed by atoms with van der Waals surface area (Å²) in [6.07, 6.45) is 8.11. The highest BCUT2D eigenvalue weighted by molar-refractivity contribution is 9.09. The van der Waals surface area contributed by atoms with Crippen molar-refractivity contribution in [2.45, 2.75) is 44.6 Å². The summed E-state index contributed by atoms with van der Waals surface area (Å²) in [6, 6.07) is 0. The minimum atomic E-state index is 0.535. The van der Waals surface area contributed by atoms with Crippen LogP contribution in [0.1, 0.15) is 38.5 Å². The molecule has 84 valence electrons. The first-order valence-electron chi connectivity index (χ1n) is 5.82. The number of hydrogen-bond acceptors (Lipinski definition) is 2. The second-order valence-corrected chi connectivity index (χ2v) is 4.72. The molecule has 1 aliphatic rings. The van der Waals surface area contributed by atoms with Gasteiger partial charge in [0.2, 0.25) is 0 Å². The van der Waals surface area contributed by atoms with Gasteiger partial charge in [-0.1, -0.05) is 28.8 Å². The fourth-order valence-corrected chi connectivity index (χ4v) is 2.16. The van der Waals surface area contributed by atoms with Crippen LogP contribution in [0.2, 0.25) is 0 Å². The highest BCUT2D eigenvalue weighted by Crippen LogP contribution is 2.09. The third kappa shape index (κ3) is 5.99. The Hall–Kier alpha value is 0.400. The fourth-order valence-electron chi connectivity index (χ4n) is 1.76. The molecule has 0 aromatic carbocycles. The van der Waals surface area contributed by atoms with Gasteiger partial charge in [-0.3, -0.25) is 0 Å². The highest BCUT2D eigenvalue weighted by atomic mass is 79.9. The molecule has 0 aliphatic carbocycles. The van der Waals surface area contributed by atoms with Crippen LogP contribution in [0.15, 0.2) is 0 Å². The summed E-state index contributed by atoms with van der Waals surface area (Å²) < 4.78 is 5.81. The Morgan fingerprint density at radius 2 is 1.79 bits per heavy atom. The van der Waals surface area contributed by atoms with Crippen molar-refractivity contribution in [3.63, 3.8) is 0 Å². The molecule has 14 heavy (non-hydrogen) atoms. The lowest BCUT2D eigenvalue weighted by Crippen LogP contribution is -2.32. The SMILES string of the molecule is BrCCCCCCOC1CCNCC1. The Bertz CT molecular complexity index is 126. The van der Waals surface area contributed by atoms with E-state index in [-0.39, 0.29) is 0 Å². The molecule has 1 fully saturated rings. The van der Waals surface area contributed by atoms with Crippen molar-refractivity contribution in [1.82, 2.24) is 5.32 Å². The molecule has 0 atom stereocenters. The zero-order valence-corrected chi connectivity index (χ0v) is 10.5. The van der Waals surface area contributed by atoms with E-state index in [1.165, 1.54) is 38.5 Å². The normalized spacial score (nSPS) is 18.6. The van der Waals surface area contributed by atoms with Crippen molar-refractivity contribution in [3.05, 3.63) is 0 Å². The van der Waals surface area contributed by atoms with Gasteiger partial charge in [0, 0.05) is 11.9 Å². The Morgan fingerprint density at radius 3 is 2.50 bits per heavy atom. The van der Waals surface area contributed by atoms with Gasteiger partial charge >= 0.3 is 0 Å². The number of ether oxygens (including phenoxy) is 1. The molecule has 0 amide bonds. The van der Waals surface area contributed by atoms with Crippen LogP contribution in [0.25, 0.3) is 0 Å². The van der Waals surface area contributed by atoms with Crippen molar-refractivity contribution in [2.75, 3.05) is 25.0 Å². The average molecular weight is 264 g/mol. The van der Waals surface area contributed by atoms with Crippen LogP contribution in [0, 0.1) is 0 Å². The van der Waals surface area contributed by atoms with Crippen molar-refractivity contribution in [3.8, 4) is 0 Å². The van der Waals surface area contributed by atoms with Crippen LogP contribution in [-0.4, -0.2) is 31.1 Å². The van der Waals surface area contributed by atoms with E-state index in [1.54, 1.807) is 0 Å². The van der Waals surface area contributed by atoms with Gasteiger partial charge in [-0.2, -0.15) is 0 Å². The Balaban J connectivity index is 1.82. The van der Waals surface area contributed by atoms with E-state index < -0.39 is 0 Å². The molecule has 0 saturated carbocycles. The van der Waals surface area contributed by atoms with Crippen molar-refractivity contribution < 1.29 is 4.74 Å². The molecule has 1 saturated heterocycles. The number of rotatable bonds is 7. The molecule has 0 unspecified atom stereocenters. The fraction of sp³-hybridized carbons (Fsp3) is 1.00. The molecule has 1 heterocycles. The molecule has 2 nitrogen and oxygen atoms in total. The second-order valence-electron chi connectivity index (χ2n) is 3.92. The summed E-state index contributed by atoms with van der Waals surface area (Å²) in [6.45, 7) is 3.23. The van der Waals surface area contributed by atoms with E-state index in [9.17, 15) is 0 Å². The first-order chi connectivity index (χ1) is 6.93. The van der Waals surface area contributed by atoms with Gasteiger partial charge in [0.1, 0.15) is 0 Å². The molecule has 1 aliphatic heterocycles. The molecule has 0 aromatic rings. The molecule has 1 N–H and O–H groups in total. The number of unbranched alkanes of at least 4 members (excludes halogenated alkanes) is 3. The average Bonchev–Trinajstić information content (AvgIpc) is 2.25. The number of hydrogen-bond donors (Lipinski definition) is 1. The van der Waals surface area contributed by atoms with Crippen LogP contribution in [0.3, 0.4) is 0 Å². The number of nitrogens with one attached hydrogen (secondary N) is 1. The summed E-state index contributed by atoms with van der Waals surface area (Å²) in [5, 5.41) is 4.49. The lowest BCUT2D eigenvalue weighted by atomic mass is 10.1. The Kier molecular flexibility index (Phi) is 7.74. The maximum atomic E-state index is 5.81. The van der Waals surface area contributed by atoms with E-state index in [0.29, 0.717) is 6.10 Å². The molecule has 1 rings (SSSR count). The molecular weight excluding hydrogens is 242 g/mol. The number of piperidine rings is 1. The molecule has 0 spiro atoms. The van der Waals surface area contributed by atoms with Crippen LogP contribution >= 0.6 is 15.9 Å². The van der Waals surface area contributed by atoms with Gasteiger partial charge in [0.05, 0.1) is 6.10 Å². The number of halogens is 1. The van der Waals surface area contributed by atoms with Crippen LogP contribution in [0.4, 0.5) is 0 Å². The highest BCUT2D eigenvalue weighted by Gasteiger charge is 2.12. The lowest BCUT2D eigenvalue weighted by molar-refractivity contribution is 0.0308. The zero-order valence-electron chi connectivity index (χ0n) is 8.93. The van der Waals surface area contributed by atoms with E-state index in [4.69, 9.17) is 4.74 Å². The van der Waals surface area contributed by atoms with Crippen LogP contribution in [-0.2, 0) is 4.74 Å². The summed E-state index contributed by atoms with van der Waals surface area (Å²) in [5.41, 5.74) is 0. The molecular formula is C11H22BrNO. The maximum absolute atomic E-state index is 5.81. The monoisotopic (exact) mass is 263 g/mol. The van der Waals surface area contributed by atoms with E-state index >= 15 is 0 Å². The van der Waals surface area contributed by atoms with Gasteiger partial charge in [-0.05, 0) is 38.8 Å². The predicted molar refractivity (Wildman–Crippen MR) is 64.1 cm³/mol. The molecule has 0 bridgehead atoms. The summed E-state index contributed by atoms with van der Waals surface area (Å²) in [7, 11) is 0. The van der Waals surface area contributed by atoms with E-state index in [0.717, 1.165) is 25.0 Å². The lowest BCUT2D eigenvalue weighted by Gasteiger charge is -2.22. The molecule has 0 radical (unpaired) electrons. The van der Waals surface area contributed by atoms with Gasteiger partial charge in [-0.25, -0.2) is 0 Å². The Labute approximate surface area is 95.9 Å². The third-order valence-electron chi connectivity index (χ3n) is 2.67. The van der Waals surface area contributed by atoms with Gasteiger partial charge in [0.25, 0.3) is 0 Å². The van der Waals surface area contributed by atoms with Crippen molar-refractivity contribution >= 4 is 15.9 Å². The van der Waals surface area contributed by atoms with Gasteiger partial charge in [0.15, 0.2) is 0 Å². The maximum Gasteiger partial charge on any atom is 0.0599 e. The minimum Gasteiger partial charge on any atom is -0.378 e. The van der Waals surface area contributed by atoms with Crippen molar-refractivity contribution in [2.24, 2.45) is 0 Å². The first-order valence-corrected chi connectivity index (χ1v) is 6.94. The largest absolute Gasteiger partial charge is 0.378 e. The zero-order chi connectivity index (χ0) is 10.1. The van der Waals surface area contributed by atoms with E-state index in [2.05, 4.69) is 21.2 Å². The molecule has 3 heteroatoms. The first kappa shape index (κ1) is 12.5. The summed E-state index contributed by atoms with van der Waals surface area (Å²) in [4.78, 5) is 0. The summed E-state index contributed by atoms with van der Waals surface area (Å²) in [5.74, 6) is 0. The van der Waals surface area contributed by atoms with Crippen LogP contribution in [0.5, 0.6) is 0 Å². The summed E-state index contributed by atoms with van der Waals surface area (Å²) >= 11 is 3.44. The standard InChI is InChI=1S/C11H22BrNO/c12-7-3-1-2-4-10-14-11-5-8-13-9-6-11/h11,13H,1-10H2. The predicted octanol–water partition coefficient (Wildman–Crippen LogP) is 2.71. The van der Waals surface area contributed by atoms with Gasteiger partial charge in [-0.15, -0.1) is 0 Å². The Morgan fingerprint density at radius 1 is 1.07 bits per heavy atom. The van der Waals surface area contributed by atoms with Crippen molar-refractivity contribution in [1.29, 1.82) is 0 Å². The smallest absolute Gasteiger partial charge is 0.0599 e. The second kappa shape index (κ2) is 8.69. The topological polar surface area (TPSA) is 21.3 Å². The third-order valence-corrected chi connectivity index (χ3v) is 3.23. The molecule has 0 aromatic heterocycles. The van der Waals surface area contributed by atoms with Crippen LogP contribution < -0.4 is 5.32 Å². The number of alkyl halides is 1.